The molecule has 0 aliphatic rings. The summed E-state index contributed by atoms with van der Waals surface area (Å²) in [6.45, 7) is 8.89. The number of aryl methyl sites for hydroxylation is 3. The first-order valence-corrected chi connectivity index (χ1v) is 7.48. The van der Waals surface area contributed by atoms with E-state index in [2.05, 4.69) is 32.2 Å². The number of aromatic nitrogens is 4. The topological polar surface area (TPSA) is 63.6 Å². The van der Waals surface area contributed by atoms with Crippen LogP contribution in [0.25, 0.3) is 0 Å². The fourth-order valence-corrected chi connectivity index (χ4v) is 2.67. The summed E-state index contributed by atoms with van der Waals surface area (Å²) in [6, 6.07) is 3.91. The molecular formula is C14H19N5S. The van der Waals surface area contributed by atoms with Gasteiger partial charge >= 0.3 is 0 Å². The van der Waals surface area contributed by atoms with E-state index in [1.165, 1.54) is 11.8 Å². The molecule has 20 heavy (non-hydrogen) atoms. The van der Waals surface area contributed by atoms with Crippen molar-refractivity contribution in [2.45, 2.75) is 44.3 Å². The highest BCUT2D eigenvalue weighted by molar-refractivity contribution is 7.99. The average Bonchev–Trinajstić information content (AvgIpc) is 2.34. The molecule has 0 saturated heterocycles. The monoisotopic (exact) mass is 289 g/mol. The molecule has 0 bridgehead atoms. The van der Waals surface area contributed by atoms with Crippen LogP contribution in [0.4, 0.5) is 5.95 Å². The van der Waals surface area contributed by atoms with Gasteiger partial charge in [0.15, 0.2) is 5.16 Å². The fourth-order valence-electron chi connectivity index (χ4n) is 1.74. The van der Waals surface area contributed by atoms with Crippen molar-refractivity contribution in [3.8, 4) is 0 Å². The van der Waals surface area contributed by atoms with Gasteiger partial charge in [-0.15, -0.1) is 0 Å². The molecule has 0 aromatic carbocycles. The molecular weight excluding hydrogens is 270 g/mol. The zero-order valence-corrected chi connectivity index (χ0v) is 13.1. The first kappa shape index (κ1) is 14.7. The molecule has 2 heterocycles. The highest BCUT2D eigenvalue weighted by atomic mass is 32.2. The van der Waals surface area contributed by atoms with Crippen molar-refractivity contribution in [1.82, 2.24) is 19.9 Å². The van der Waals surface area contributed by atoms with Crippen LogP contribution in [0.2, 0.25) is 0 Å². The second-order valence-corrected chi connectivity index (χ2v) is 5.62. The molecule has 5 nitrogen and oxygen atoms in total. The van der Waals surface area contributed by atoms with Gasteiger partial charge < -0.3 is 5.32 Å². The molecule has 2 aromatic heterocycles. The van der Waals surface area contributed by atoms with Gasteiger partial charge in [0.25, 0.3) is 0 Å². The summed E-state index contributed by atoms with van der Waals surface area (Å²) in [4.78, 5) is 17.7. The zero-order chi connectivity index (χ0) is 14.5. The molecule has 0 unspecified atom stereocenters. The number of nitrogens with zero attached hydrogens (tertiary/aromatic N) is 4. The van der Waals surface area contributed by atoms with Gasteiger partial charge in [0.1, 0.15) is 5.03 Å². The van der Waals surface area contributed by atoms with Crippen molar-refractivity contribution in [2.24, 2.45) is 0 Å². The van der Waals surface area contributed by atoms with Crippen LogP contribution in [0, 0.1) is 20.8 Å². The quantitative estimate of drug-likeness (QED) is 0.674. The largest absolute Gasteiger partial charge is 0.354 e. The summed E-state index contributed by atoms with van der Waals surface area (Å²) in [5.41, 5.74) is 2.87. The van der Waals surface area contributed by atoms with Crippen molar-refractivity contribution >= 4 is 17.7 Å². The van der Waals surface area contributed by atoms with Gasteiger partial charge in [0, 0.05) is 23.6 Å². The van der Waals surface area contributed by atoms with Crippen LogP contribution in [0.5, 0.6) is 0 Å². The maximum absolute atomic E-state index is 4.49. The normalized spacial score (nSPS) is 10.6. The van der Waals surface area contributed by atoms with Gasteiger partial charge in [0.2, 0.25) is 5.95 Å². The minimum atomic E-state index is 0.665. The number of hydrogen-bond acceptors (Lipinski definition) is 6. The summed E-state index contributed by atoms with van der Waals surface area (Å²) >= 11 is 1.46. The Balaban J connectivity index is 2.21. The van der Waals surface area contributed by atoms with Crippen LogP contribution < -0.4 is 5.32 Å². The highest BCUT2D eigenvalue weighted by Crippen LogP contribution is 2.24. The summed E-state index contributed by atoms with van der Waals surface area (Å²) < 4.78 is 0. The second-order valence-electron chi connectivity index (χ2n) is 4.63. The van der Waals surface area contributed by atoms with Crippen LogP contribution in [0.15, 0.2) is 22.3 Å². The summed E-state index contributed by atoms with van der Waals surface area (Å²) in [5, 5.41) is 4.79. The van der Waals surface area contributed by atoms with Crippen molar-refractivity contribution in [3.05, 3.63) is 29.2 Å². The van der Waals surface area contributed by atoms with E-state index >= 15 is 0 Å². The first-order valence-electron chi connectivity index (χ1n) is 6.66. The van der Waals surface area contributed by atoms with Crippen molar-refractivity contribution in [2.75, 3.05) is 11.9 Å². The fraction of sp³-hybridized carbons (Fsp3) is 0.429. The Morgan fingerprint density at radius 1 is 0.950 bits per heavy atom. The lowest BCUT2D eigenvalue weighted by Crippen LogP contribution is -2.05. The van der Waals surface area contributed by atoms with E-state index in [1.54, 1.807) is 0 Å². The van der Waals surface area contributed by atoms with Crippen molar-refractivity contribution in [1.29, 1.82) is 0 Å². The maximum atomic E-state index is 4.49. The van der Waals surface area contributed by atoms with Crippen LogP contribution in [-0.2, 0) is 0 Å². The van der Waals surface area contributed by atoms with Gasteiger partial charge in [0.05, 0.1) is 0 Å². The van der Waals surface area contributed by atoms with Crippen LogP contribution >= 0.6 is 11.8 Å². The molecule has 6 heteroatoms. The smallest absolute Gasteiger partial charge is 0.223 e. The lowest BCUT2D eigenvalue weighted by Gasteiger charge is -2.07. The molecule has 0 fully saturated rings. The first-order chi connectivity index (χ1) is 9.56. The molecule has 0 atom stereocenters. The van der Waals surface area contributed by atoms with E-state index in [4.69, 9.17) is 0 Å². The summed E-state index contributed by atoms with van der Waals surface area (Å²) in [7, 11) is 0. The van der Waals surface area contributed by atoms with Gasteiger partial charge in [-0.2, -0.15) is 0 Å². The number of hydrogen-bond donors (Lipinski definition) is 1. The SMILES string of the molecule is CCCNc1nc(C)cc(Sc2nc(C)cc(C)n2)n1. The number of rotatable bonds is 5. The molecule has 2 aromatic rings. The van der Waals surface area contributed by atoms with E-state index < -0.39 is 0 Å². The maximum Gasteiger partial charge on any atom is 0.223 e. The number of nitrogens with one attached hydrogen (secondary N) is 1. The number of anilines is 1. The third-order valence-corrected chi connectivity index (χ3v) is 3.30. The van der Waals surface area contributed by atoms with E-state index in [-0.39, 0.29) is 0 Å². The Kier molecular flexibility index (Phi) is 4.89. The Bertz CT molecular complexity index is 580. The van der Waals surface area contributed by atoms with Crippen molar-refractivity contribution < 1.29 is 0 Å². The Labute approximate surface area is 123 Å². The molecule has 0 radical (unpaired) electrons. The van der Waals surface area contributed by atoms with Crippen LogP contribution in [0.3, 0.4) is 0 Å². The van der Waals surface area contributed by atoms with Crippen LogP contribution in [-0.4, -0.2) is 26.5 Å². The Hall–Kier alpha value is -1.69. The molecule has 0 saturated carbocycles. The molecule has 0 amide bonds. The highest BCUT2D eigenvalue weighted by Gasteiger charge is 2.07. The zero-order valence-electron chi connectivity index (χ0n) is 12.3. The van der Waals surface area contributed by atoms with Crippen LogP contribution in [0.1, 0.15) is 30.4 Å². The summed E-state index contributed by atoms with van der Waals surface area (Å²) in [5.74, 6) is 0.665. The minimum Gasteiger partial charge on any atom is -0.354 e. The van der Waals surface area contributed by atoms with E-state index in [0.29, 0.717) is 5.95 Å². The van der Waals surface area contributed by atoms with Gasteiger partial charge in [-0.1, -0.05) is 6.92 Å². The molecule has 0 aliphatic carbocycles. The van der Waals surface area contributed by atoms with E-state index in [9.17, 15) is 0 Å². The second kappa shape index (κ2) is 6.65. The predicted molar refractivity (Wildman–Crippen MR) is 81.2 cm³/mol. The van der Waals surface area contributed by atoms with E-state index in [1.807, 2.05) is 32.9 Å². The Morgan fingerprint density at radius 2 is 1.60 bits per heavy atom. The predicted octanol–water partition coefficient (Wildman–Crippen LogP) is 3.16. The van der Waals surface area contributed by atoms with Gasteiger partial charge in [-0.05, 0) is 51.1 Å². The third-order valence-electron chi connectivity index (χ3n) is 2.52. The Morgan fingerprint density at radius 3 is 2.25 bits per heavy atom. The molecule has 0 spiro atoms. The standard InChI is InChI=1S/C14H19N5S/c1-5-6-15-13-16-11(4)8-12(19-13)20-14-17-9(2)7-10(3)18-14/h7-8H,5-6H2,1-4H3,(H,15,16,19). The summed E-state index contributed by atoms with van der Waals surface area (Å²) in [6.07, 6.45) is 1.04. The lowest BCUT2D eigenvalue weighted by atomic mass is 10.4. The average molecular weight is 289 g/mol. The molecule has 106 valence electrons. The third kappa shape index (κ3) is 4.16. The minimum absolute atomic E-state index is 0.665. The molecule has 2 rings (SSSR count). The van der Waals surface area contributed by atoms with Gasteiger partial charge in [-0.3, -0.25) is 0 Å². The molecule has 0 aliphatic heterocycles. The molecule has 1 N–H and O–H groups in total. The van der Waals surface area contributed by atoms with Crippen molar-refractivity contribution in [3.63, 3.8) is 0 Å². The van der Waals surface area contributed by atoms with Gasteiger partial charge in [-0.25, -0.2) is 19.9 Å². The lowest BCUT2D eigenvalue weighted by molar-refractivity contribution is 0.892. The van der Waals surface area contributed by atoms with E-state index in [0.717, 1.165) is 40.2 Å².